The maximum Gasteiger partial charge on any atom is 0.268 e. The fourth-order valence-electron chi connectivity index (χ4n) is 2.66. The Morgan fingerprint density at radius 1 is 1.28 bits per heavy atom. The van der Waals surface area contributed by atoms with Gasteiger partial charge in [-0.2, -0.15) is 0 Å². The number of fused-ring (bicyclic) bond motifs is 1. The standard InChI is InChI=1S/C19H16N2O3S/c1-23-14-5-4-12-8-17(21-16(12)9-14)19(22)20-10-15-7-13(11-25-15)18-3-2-6-24-18/h2-9,11,21H,10H2,1H3,(H,20,22). The SMILES string of the molecule is COc1ccc2cc(C(=O)NCc3cc(-c4ccco4)cs3)[nH]c2c1. The predicted molar refractivity (Wildman–Crippen MR) is 98.0 cm³/mol. The molecule has 0 aliphatic carbocycles. The molecule has 4 aromatic rings. The highest BCUT2D eigenvalue weighted by Crippen LogP contribution is 2.26. The number of ether oxygens (including phenoxy) is 1. The molecule has 0 atom stereocenters. The van der Waals surface area contributed by atoms with Crippen molar-refractivity contribution in [1.29, 1.82) is 0 Å². The molecule has 0 bridgehead atoms. The van der Waals surface area contributed by atoms with Crippen molar-refractivity contribution >= 4 is 28.1 Å². The summed E-state index contributed by atoms with van der Waals surface area (Å²) in [6.07, 6.45) is 1.65. The van der Waals surface area contributed by atoms with Crippen LogP contribution in [0.2, 0.25) is 0 Å². The van der Waals surface area contributed by atoms with Crippen molar-refractivity contribution in [3.05, 3.63) is 64.7 Å². The number of hydrogen-bond donors (Lipinski definition) is 2. The summed E-state index contributed by atoms with van der Waals surface area (Å²) in [6.45, 7) is 0.475. The van der Waals surface area contributed by atoms with Crippen molar-refractivity contribution < 1.29 is 13.9 Å². The molecule has 1 amide bonds. The van der Waals surface area contributed by atoms with Gasteiger partial charge in [0, 0.05) is 32.8 Å². The van der Waals surface area contributed by atoms with Gasteiger partial charge >= 0.3 is 0 Å². The molecule has 126 valence electrons. The first-order chi connectivity index (χ1) is 12.2. The van der Waals surface area contributed by atoms with Crippen LogP contribution in [0.4, 0.5) is 0 Å². The third-order valence-corrected chi connectivity index (χ3v) is 4.89. The number of H-pyrrole nitrogens is 1. The molecule has 3 heterocycles. The number of methoxy groups -OCH3 is 1. The summed E-state index contributed by atoms with van der Waals surface area (Å²) in [5.41, 5.74) is 2.43. The van der Waals surface area contributed by atoms with E-state index in [0.29, 0.717) is 12.2 Å². The molecule has 5 nitrogen and oxygen atoms in total. The Balaban J connectivity index is 1.45. The van der Waals surface area contributed by atoms with E-state index in [4.69, 9.17) is 9.15 Å². The van der Waals surface area contributed by atoms with E-state index < -0.39 is 0 Å². The molecule has 6 heteroatoms. The van der Waals surface area contributed by atoms with Crippen molar-refractivity contribution in [1.82, 2.24) is 10.3 Å². The van der Waals surface area contributed by atoms with Gasteiger partial charge in [-0.25, -0.2) is 0 Å². The van der Waals surface area contributed by atoms with Gasteiger partial charge in [-0.3, -0.25) is 4.79 Å². The number of rotatable bonds is 5. The lowest BCUT2D eigenvalue weighted by Gasteiger charge is -2.01. The summed E-state index contributed by atoms with van der Waals surface area (Å²) in [5, 5.41) is 5.94. The summed E-state index contributed by atoms with van der Waals surface area (Å²) in [5.74, 6) is 1.45. The first-order valence-electron chi connectivity index (χ1n) is 7.79. The average Bonchev–Trinajstić information content (AvgIpc) is 3.38. The number of carbonyl (C=O) groups excluding carboxylic acids is 1. The zero-order valence-corrected chi connectivity index (χ0v) is 14.4. The molecule has 0 unspecified atom stereocenters. The van der Waals surface area contributed by atoms with Crippen LogP contribution < -0.4 is 10.1 Å². The summed E-state index contributed by atoms with van der Waals surface area (Å²) in [6, 6.07) is 13.3. The summed E-state index contributed by atoms with van der Waals surface area (Å²) < 4.78 is 10.6. The number of hydrogen-bond acceptors (Lipinski definition) is 4. The monoisotopic (exact) mass is 352 g/mol. The summed E-state index contributed by atoms with van der Waals surface area (Å²) >= 11 is 1.59. The molecule has 0 radical (unpaired) electrons. The van der Waals surface area contributed by atoms with Crippen molar-refractivity contribution in [2.75, 3.05) is 7.11 Å². The van der Waals surface area contributed by atoms with E-state index in [0.717, 1.165) is 32.9 Å². The largest absolute Gasteiger partial charge is 0.497 e. The zero-order valence-electron chi connectivity index (χ0n) is 13.5. The van der Waals surface area contributed by atoms with Crippen molar-refractivity contribution in [3.8, 4) is 17.1 Å². The number of carbonyl (C=O) groups is 1. The highest BCUT2D eigenvalue weighted by Gasteiger charge is 2.11. The number of thiophene rings is 1. The average molecular weight is 352 g/mol. The molecule has 0 spiro atoms. The Labute approximate surface area is 148 Å². The molecule has 0 saturated heterocycles. The molecule has 0 saturated carbocycles. The Bertz CT molecular complexity index is 1010. The highest BCUT2D eigenvalue weighted by atomic mass is 32.1. The van der Waals surface area contributed by atoms with E-state index in [2.05, 4.69) is 10.3 Å². The van der Waals surface area contributed by atoms with Crippen LogP contribution in [0.1, 0.15) is 15.4 Å². The summed E-state index contributed by atoms with van der Waals surface area (Å²) in [4.78, 5) is 16.6. The van der Waals surface area contributed by atoms with Crippen LogP contribution >= 0.6 is 11.3 Å². The Hall–Kier alpha value is -2.99. The van der Waals surface area contributed by atoms with Gasteiger partial charge in [0.2, 0.25) is 0 Å². The van der Waals surface area contributed by atoms with Crippen molar-refractivity contribution in [2.24, 2.45) is 0 Å². The number of benzene rings is 1. The third kappa shape index (κ3) is 3.16. The topological polar surface area (TPSA) is 67.3 Å². The Kier molecular flexibility index (Phi) is 4.03. The Morgan fingerprint density at radius 2 is 2.20 bits per heavy atom. The van der Waals surface area contributed by atoms with Gasteiger partial charge in [-0.1, -0.05) is 0 Å². The fraction of sp³-hybridized carbons (Fsp3) is 0.105. The maximum atomic E-state index is 12.4. The minimum Gasteiger partial charge on any atom is -0.497 e. The van der Waals surface area contributed by atoms with Crippen LogP contribution in [-0.4, -0.2) is 18.0 Å². The van der Waals surface area contributed by atoms with Gasteiger partial charge in [0.05, 0.1) is 19.9 Å². The van der Waals surface area contributed by atoms with Gasteiger partial charge in [-0.15, -0.1) is 11.3 Å². The van der Waals surface area contributed by atoms with E-state index in [9.17, 15) is 4.79 Å². The molecule has 0 aliphatic heterocycles. The lowest BCUT2D eigenvalue weighted by Crippen LogP contribution is -2.22. The highest BCUT2D eigenvalue weighted by molar-refractivity contribution is 7.10. The number of nitrogens with one attached hydrogen (secondary N) is 2. The second kappa shape index (κ2) is 6.49. The molecule has 3 aromatic heterocycles. The van der Waals surface area contributed by atoms with Crippen LogP contribution in [0.15, 0.2) is 58.5 Å². The Morgan fingerprint density at radius 3 is 3.00 bits per heavy atom. The van der Waals surface area contributed by atoms with Gasteiger partial charge < -0.3 is 19.5 Å². The lowest BCUT2D eigenvalue weighted by molar-refractivity contribution is 0.0947. The molecule has 1 aromatic carbocycles. The molecule has 25 heavy (non-hydrogen) atoms. The first kappa shape index (κ1) is 15.5. The molecule has 2 N–H and O–H groups in total. The first-order valence-corrected chi connectivity index (χ1v) is 8.67. The van der Waals surface area contributed by atoms with Crippen LogP contribution in [0, 0.1) is 0 Å². The van der Waals surface area contributed by atoms with E-state index in [-0.39, 0.29) is 5.91 Å². The zero-order chi connectivity index (χ0) is 17.2. The van der Waals surface area contributed by atoms with Gasteiger partial charge in [-0.05, 0) is 36.4 Å². The molecule has 4 rings (SSSR count). The molecular weight excluding hydrogens is 336 g/mol. The lowest BCUT2D eigenvalue weighted by atomic mass is 10.2. The number of aromatic nitrogens is 1. The van der Waals surface area contributed by atoms with Crippen LogP contribution in [0.25, 0.3) is 22.2 Å². The van der Waals surface area contributed by atoms with Crippen LogP contribution in [0.5, 0.6) is 5.75 Å². The maximum absolute atomic E-state index is 12.4. The normalized spacial score (nSPS) is 10.9. The smallest absolute Gasteiger partial charge is 0.268 e. The number of aromatic amines is 1. The fourth-order valence-corrected chi connectivity index (χ4v) is 3.48. The van der Waals surface area contributed by atoms with Crippen molar-refractivity contribution in [2.45, 2.75) is 6.54 Å². The molecule has 0 aliphatic rings. The molecular formula is C19H16N2O3S. The summed E-state index contributed by atoms with van der Waals surface area (Å²) in [7, 11) is 1.62. The van der Waals surface area contributed by atoms with Gasteiger partial charge in [0.15, 0.2) is 0 Å². The van der Waals surface area contributed by atoms with E-state index >= 15 is 0 Å². The van der Waals surface area contributed by atoms with E-state index in [1.165, 1.54) is 0 Å². The van der Waals surface area contributed by atoms with E-state index in [1.807, 2.05) is 47.8 Å². The van der Waals surface area contributed by atoms with E-state index in [1.54, 1.807) is 24.7 Å². The second-order valence-electron chi connectivity index (χ2n) is 5.60. The third-order valence-electron chi connectivity index (χ3n) is 3.96. The number of amides is 1. The number of furan rings is 1. The van der Waals surface area contributed by atoms with Gasteiger partial charge in [0.25, 0.3) is 5.91 Å². The second-order valence-corrected chi connectivity index (χ2v) is 6.59. The van der Waals surface area contributed by atoms with Gasteiger partial charge in [0.1, 0.15) is 17.2 Å². The van der Waals surface area contributed by atoms with Crippen LogP contribution in [-0.2, 0) is 6.54 Å². The molecule has 0 fully saturated rings. The van der Waals surface area contributed by atoms with Crippen molar-refractivity contribution in [3.63, 3.8) is 0 Å². The minimum atomic E-state index is -0.136. The quantitative estimate of drug-likeness (QED) is 0.558. The minimum absolute atomic E-state index is 0.136. The van der Waals surface area contributed by atoms with Crippen LogP contribution in [0.3, 0.4) is 0 Å². The predicted octanol–water partition coefficient (Wildman–Crippen LogP) is 4.43.